The Labute approximate surface area is 100 Å². The third-order valence-corrected chi connectivity index (χ3v) is 2.83. The van der Waals surface area contributed by atoms with E-state index >= 15 is 0 Å². The molecule has 1 unspecified atom stereocenters. The van der Waals surface area contributed by atoms with Crippen LogP contribution in [0.4, 0.5) is 4.39 Å². The molecule has 90 valence electrons. The average molecular weight is 233 g/mol. The van der Waals surface area contributed by atoms with Gasteiger partial charge in [-0.3, -0.25) is 0 Å². The van der Waals surface area contributed by atoms with Crippen LogP contribution in [0.5, 0.6) is 0 Å². The zero-order chi connectivity index (χ0) is 12.3. The summed E-state index contributed by atoms with van der Waals surface area (Å²) < 4.78 is 12.9. The first-order chi connectivity index (χ1) is 8.16. The van der Waals surface area contributed by atoms with Gasteiger partial charge in [-0.2, -0.15) is 0 Å². The second-order valence-electron chi connectivity index (χ2n) is 4.15. The molecular weight excluding hydrogens is 217 g/mol. The van der Waals surface area contributed by atoms with Gasteiger partial charge in [-0.1, -0.05) is 6.07 Å². The zero-order valence-corrected chi connectivity index (χ0v) is 10.00. The Morgan fingerprint density at radius 2 is 2.29 bits per heavy atom. The van der Waals surface area contributed by atoms with Crippen molar-refractivity contribution < 1.29 is 4.39 Å². The Hall–Kier alpha value is -1.68. The Balaban J connectivity index is 1.98. The van der Waals surface area contributed by atoms with Gasteiger partial charge in [0, 0.05) is 18.9 Å². The summed E-state index contributed by atoms with van der Waals surface area (Å²) in [5.41, 5.74) is 2.06. The molecule has 0 saturated heterocycles. The molecular formula is C13H16FN3. The summed E-state index contributed by atoms with van der Waals surface area (Å²) in [7, 11) is 0. The zero-order valence-electron chi connectivity index (χ0n) is 10.00. The number of hydrogen-bond acceptors (Lipinski definition) is 2. The lowest BCUT2D eigenvalue weighted by atomic mass is 10.1. The van der Waals surface area contributed by atoms with Crippen LogP contribution in [0, 0.1) is 12.7 Å². The summed E-state index contributed by atoms with van der Waals surface area (Å²) >= 11 is 0. The minimum absolute atomic E-state index is 0.148. The van der Waals surface area contributed by atoms with Crippen LogP contribution in [0.25, 0.3) is 0 Å². The number of H-pyrrole nitrogens is 1. The fourth-order valence-electron chi connectivity index (χ4n) is 1.73. The Morgan fingerprint density at radius 3 is 2.94 bits per heavy atom. The highest BCUT2D eigenvalue weighted by atomic mass is 19.1. The quantitative estimate of drug-likeness (QED) is 0.852. The Bertz CT molecular complexity index is 479. The van der Waals surface area contributed by atoms with Crippen molar-refractivity contribution in [3.8, 4) is 0 Å². The van der Waals surface area contributed by atoms with E-state index < -0.39 is 0 Å². The fraction of sp³-hybridized carbons (Fsp3) is 0.308. The maximum Gasteiger partial charge on any atom is 0.123 e. The average Bonchev–Trinajstić information content (AvgIpc) is 2.81. The van der Waals surface area contributed by atoms with Gasteiger partial charge in [-0.15, -0.1) is 0 Å². The second-order valence-corrected chi connectivity index (χ2v) is 4.15. The first-order valence-corrected chi connectivity index (χ1v) is 5.64. The molecule has 1 heterocycles. The van der Waals surface area contributed by atoms with Gasteiger partial charge in [0.2, 0.25) is 0 Å². The molecule has 0 bridgehead atoms. The molecule has 17 heavy (non-hydrogen) atoms. The summed E-state index contributed by atoms with van der Waals surface area (Å²) in [6.45, 7) is 4.66. The van der Waals surface area contributed by atoms with Gasteiger partial charge in [-0.25, -0.2) is 9.37 Å². The largest absolute Gasteiger partial charge is 0.347 e. The third-order valence-electron chi connectivity index (χ3n) is 2.83. The SMILES string of the molecule is Cc1cc(F)ccc1CNC(C)c1ncc[nH]1. The lowest BCUT2D eigenvalue weighted by molar-refractivity contribution is 0.548. The van der Waals surface area contributed by atoms with Crippen LogP contribution in [-0.4, -0.2) is 9.97 Å². The van der Waals surface area contributed by atoms with Gasteiger partial charge >= 0.3 is 0 Å². The van der Waals surface area contributed by atoms with Gasteiger partial charge in [-0.05, 0) is 37.1 Å². The normalized spacial score (nSPS) is 12.6. The standard InChI is InChI=1S/C13H16FN3/c1-9-7-12(14)4-3-11(9)8-17-10(2)13-15-5-6-16-13/h3-7,10,17H,8H2,1-2H3,(H,15,16). The van der Waals surface area contributed by atoms with Crippen molar-refractivity contribution in [1.29, 1.82) is 0 Å². The van der Waals surface area contributed by atoms with Crippen LogP contribution in [0.2, 0.25) is 0 Å². The van der Waals surface area contributed by atoms with E-state index in [0.29, 0.717) is 6.54 Å². The van der Waals surface area contributed by atoms with Gasteiger partial charge in [0.1, 0.15) is 11.6 Å². The second kappa shape index (κ2) is 5.10. The topological polar surface area (TPSA) is 40.7 Å². The number of imidazole rings is 1. The molecule has 1 atom stereocenters. The van der Waals surface area contributed by atoms with Crippen molar-refractivity contribution in [3.05, 3.63) is 53.4 Å². The number of hydrogen-bond donors (Lipinski definition) is 2. The minimum Gasteiger partial charge on any atom is -0.347 e. The lowest BCUT2D eigenvalue weighted by Crippen LogP contribution is -2.19. The van der Waals surface area contributed by atoms with E-state index in [2.05, 4.69) is 15.3 Å². The number of rotatable bonds is 4. The van der Waals surface area contributed by atoms with E-state index in [1.165, 1.54) is 6.07 Å². The maximum atomic E-state index is 12.9. The molecule has 0 aliphatic rings. The highest BCUT2D eigenvalue weighted by Gasteiger charge is 2.07. The van der Waals surface area contributed by atoms with Gasteiger partial charge in [0.25, 0.3) is 0 Å². The highest BCUT2D eigenvalue weighted by molar-refractivity contribution is 5.26. The molecule has 1 aromatic carbocycles. The molecule has 0 fully saturated rings. The number of aromatic amines is 1. The first kappa shape index (κ1) is 11.8. The number of benzene rings is 1. The van der Waals surface area contributed by atoms with E-state index in [4.69, 9.17) is 0 Å². The Kier molecular flexibility index (Phi) is 3.54. The molecule has 0 aliphatic heterocycles. The van der Waals surface area contributed by atoms with E-state index in [1.807, 2.05) is 19.9 Å². The molecule has 1 aromatic heterocycles. The third kappa shape index (κ3) is 2.91. The van der Waals surface area contributed by atoms with Crippen LogP contribution < -0.4 is 5.32 Å². The molecule has 0 amide bonds. The summed E-state index contributed by atoms with van der Waals surface area (Å²) in [4.78, 5) is 7.25. The number of aromatic nitrogens is 2. The van der Waals surface area contributed by atoms with Crippen LogP contribution in [0.1, 0.15) is 29.9 Å². The number of halogens is 1. The number of nitrogens with zero attached hydrogens (tertiary/aromatic N) is 1. The van der Waals surface area contributed by atoms with Gasteiger partial charge in [0.05, 0.1) is 6.04 Å². The molecule has 0 saturated carbocycles. The van der Waals surface area contributed by atoms with Crippen LogP contribution >= 0.6 is 0 Å². The monoisotopic (exact) mass is 233 g/mol. The van der Waals surface area contributed by atoms with E-state index in [0.717, 1.165) is 17.0 Å². The van der Waals surface area contributed by atoms with Crippen molar-refractivity contribution in [2.75, 3.05) is 0 Å². The highest BCUT2D eigenvalue weighted by Crippen LogP contribution is 2.12. The van der Waals surface area contributed by atoms with Gasteiger partial charge < -0.3 is 10.3 Å². The van der Waals surface area contributed by atoms with Crippen LogP contribution in [0.3, 0.4) is 0 Å². The van der Waals surface area contributed by atoms with Crippen molar-refractivity contribution in [2.24, 2.45) is 0 Å². The van der Waals surface area contributed by atoms with Crippen molar-refractivity contribution >= 4 is 0 Å². The van der Waals surface area contributed by atoms with Crippen LogP contribution in [-0.2, 0) is 6.54 Å². The molecule has 0 radical (unpaired) electrons. The summed E-state index contributed by atoms with van der Waals surface area (Å²) in [6, 6.07) is 5.00. The summed E-state index contributed by atoms with van der Waals surface area (Å²) in [5, 5.41) is 3.35. The molecule has 4 heteroatoms. The molecule has 2 aromatic rings. The minimum atomic E-state index is -0.190. The predicted octanol–water partition coefficient (Wildman–Crippen LogP) is 2.71. The first-order valence-electron chi connectivity index (χ1n) is 5.64. The van der Waals surface area contributed by atoms with E-state index in [1.54, 1.807) is 18.5 Å². The van der Waals surface area contributed by atoms with Crippen molar-refractivity contribution in [1.82, 2.24) is 15.3 Å². The fourth-order valence-corrected chi connectivity index (χ4v) is 1.73. The number of nitrogens with one attached hydrogen (secondary N) is 2. The van der Waals surface area contributed by atoms with Crippen molar-refractivity contribution in [3.63, 3.8) is 0 Å². The summed E-state index contributed by atoms with van der Waals surface area (Å²) in [6.07, 6.45) is 3.54. The van der Waals surface area contributed by atoms with Crippen molar-refractivity contribution in [2.45, 2.75) is 26.4 Å². The van der Waals surface area contributed by atoms with E-state index in [-0.39, 0.29) is 11.9 Å². The Morgan fingerprint density at radius 1 is 1.47 bits per heavy atom. The lowest BCUT2D eigenvalue weighted by Gasteiger charge is -2.12. The van der Waals surface area contributed by atoms with E-state index in [9.17, 15) is 4.39 Å². The molecule has 0 aliphatic carbocycles. The predicted molar refractivity (Wildman–Crippen MR) is 65.0 cm³/mol. The maximum absolute atomic E-state index is 12.9. The summed E-state index contributed by atoms with van der Waals surface area (Å²) in [5.74, 6) is 0.718. The van der Waals surface area contributed by atoms with Crippen LogP contribution in [0.15, 0.2) is 30.6 Å². The molecule has 2 rings (SSSR count). The number of aryl methyl sites for hydroxylation is 1. The molecule has 2 N–H and O–H groups in total. The smallest absolute Gasteiger partial charge is 0.123 e. The molecule has 0 spiro atoms. The van der Waals surface area contributed by atoms with Gasteiger partial charge in [0.15, 0.2) is 0 Å². The molecule has 3 nitrogen and oxygen atoms in total.